The molecule has 0 N–H and O–H groups in total. The van der Waals surface area contributed by atoms with Gasteiger partial charge in [-0.05, 0) is 17.7 Å². The summed E-state index contributed by atoms with van der Waals surface area (Å²) in [4.78, 5) is 0.686. The topological polar surface area (TPSA) is 15.6 Å². The molecule has 0 radical (unpaired) electrons. The minimum absolute atomic E-state index is 0.686. The molecule has 2 aromatic carbocycles. The number of hydrogen-bond acceptors (Lipinski definition) is 2. The number of nitrogens with zero attached hydrogens (tertiary/aromatic N) is 2. The van der Waals surface area contributed by atoms with Crippen molar-refractivity contribution < 1.29 is 0 Å². The Morgan fingerprint density at radius 2 is 1.74 bits per heavy atom. The molecule has 0 atom stereocenters. The molecule has 0 aliphatic rings. The van der Waals surface area contributed by atoms with Crippen LogP contribution in [-0.2, 0) is 0 Å². The van der Waals surface area contributed by atoms with Crippen LogP contribution in [0.25, 0.3) is 0 Å². The lowest BCUT2D eigenvalue weighted by Crippen LogP contribution is -2.20. The maximum Gasteiger partial charge on any atom is 0.129 e. The second kappa shape index (κ2) is 6.45. The SMILES string of the molecule is CN(/N=C\c1ccc(Cl)cc1)C(=S)c1ccccc1. The highest BCUT2D eigenvalue weighted by Crippen LogP contribution is 2.09. The zero-order valence-corrected chi connectivity index (χ0v) is 12.0. The molecule has 0 amide bonds. The van der Waals surface area contributed by atoms with E-state index in [9.17, 15) is 0 Å². The summed E-state index contributed by atoms with van der Waals surface area (Å²) >= 11 is 11.2. The first-order valence-corrected chi connectivity index (χ1v) is 6.58. The molecular weight excluding hydrogens is 276 g/mol. The van der Waals surface area contributed by atoms with Crippen LogP contribution >= 0.6 is 23.8 Å². The summed E-state index contributed by atoms with van der Waals surface area (Å²) in [6, 6.07) is 17.3. The summed E-state index contributed by atoms with van der Waals surface area (Å²) in [5, 5.41) is 6.72. The van der Waals surface area contributed by atoms with Gasteiger partial charge < -0.3 is 0 Å². The third-order valence-corrected chi connectivity index (χ3v) is 3.32. The van der Waals surface area contributed by atoms with E-state index in [1.165, 1.54) is 0 Å². The lowest BCUT2D eigenvalue weighted by molar-refractivity contribution is 0.559. The van der Waals surface area contributed by atoms with Crippen LogP contribution < -0.4 is 0 Å². The van der Waals surface area contributed by atoms with Gasteiger partial charge in [0, 0.05) is 17.6 Å². The molecule has 2 nitrogen and oxygen atoms in total. The molecular formula is C15H13ClN2S. The van der Waals surface area contributed by atoms with E-state index >= 15 is 0 Å². The molecule has 0 bridgehead atoms. The predicted octanol–water partition coefficient (Wildman–Crippen LogP) is 3.98. The first-order valence-electron chi connectivity index (χ1n) is 5.79. The summed E-state index contributed by atoms with van der Waals surface area (Å²) in [5.74, 6) is 0. The van der Waals surface area contributed by atoms with E-state index in [0.29, 0.717) is 10.0 Å². The number of hydrazone groups is 1. The maximum absolute atomic E-state index is 5.83. The normalized spacial score (nSPS) is 10.6. The molecule has 2 rings (SSSR count). The maximum atomic E-state index is 5.83. The first-order chi connectivity index (χ1) is 9.16. The van der Waals surface area contributed by atoms with Crippen LogP contribution in [0.15, 0.2) is 59.7 Å². The van der Waals surface area contributed by atoms with E-state index in [4.69, 9.17) is 23.8 Å². The molecule has 0 aromatic heterocycles. The van der Waals surface area contributed by atoms with Gasteiger partial charge in [-0.1, -0.05) is 66.3 Å². The molecule has 0 fully saturated rings. The number of rotatable bonds is 3. The zero-order valence-electron chi connectivity index (χ0n) is 10.5. The standard InChI is InChI=1S/C15H13ClN2S/c1-18(15(19)13-5-3-2-4-6-13)17-11-12-7-9-14(16)10-8-12/h2-11H,1H3/b17-11-. The van der Waals surface area contributed by atoms with E-state index in [-0.39, 0.29) is 0 Å². The molecule has 96 valence electrons. The van der Waals surface area contributed by atoms with E-state index in [0.717, 1.165) is 11.1 Å². The second-order valence-corrected chi connectivity index (χ2v) is 4.81. The minimum atomic E-state index is 0.686. The summed E-state index contributed by atoms with van der Waals surface area (Å²) < 4.78 is 0. The molecule has 0 spiro atoms. The number of benzene rings is 2. The van der Waals surface area contributed by atoms with Gasteiger partial charge in [-0.3, -0.25) is 5.01 Å². The van der Waals surface area contributed by atoms with Crippen LogP contribution in [0.2, 0.25) is 5.02 Å². The van der Waals surface area contributed by atoms with Crippen LogP contribution in [0.1, 0.15) is 11.1 Å². The lowest BCUT2D eigenvalue weighted by Gasteiger charge is -2.13. The van der Waals surface area contributed by atoms with Crippen molar-refractivity contribution in [3.8, 4) is 0 Å². The van der Waals surface area contributed by atoms with E-state index in [1.54, 1.807) is 11.2 Å². The number of hydrogen-bond donors (Lipinski definition) is 0. The Kier molecular flexibility index (Phi) is 4.66. The van der Waals surface area contributed by atoms with Gasteiger partial charge in [0.05, 0.1) is 6.21 Å². The Hall–Kier alpha value is -1.71. The van der Waals surface area contributed by atoms with Crippen LogP contribution in [0, 0.1) is 0 Å². The van der Waals surface area contributed by atoms with E-state index < -0.39 is 0 Å². The van der Waals surface area contributed by atoms with Crippen molar-refractivity contribution in [3.05, 3.63) is 70.7 Å². The molecule has 19 heavy (non-hydrogen) atoms. The highest BCUT2D eigenvalue weighted by atomic mass is 35.5. The summed E-state index contributed by atoms with van der Waals surface area (Å²) in [5.41, 5.74) is 1.96. The Morgan fingerprint density at radius 1 is 1.11 bits per heavy atom. The number of halogens is 1. The van der Waals surface area contributed by atoms with E-state index in [2.05, 4.69) is 5.10 Å². The van der Waals surface area contributed by atoms with Gasteiger partial charge in [0.15, 0.2) is 0 Å². The van der Waals surface area contributed by atoms with Gasteiger partial charge in [0.1, 0.15) is 4.99 Å². The Labute approximate surface area is 123 Å². The van der Waals surface area contributed by atoms with Gasteiger partial charge in [0.25, 0.3) is 0 Å². The van der Waals surface area contributed by atoms with Crippen LogP contribution in [0.4, 0.5) is 0 Å². The fraction of sp³-hybridized carbons (Fsp3) is 0.0667. The largest absolute Gasteiger partial charge is 0.257 e. The van der Waals surface area contributed by atoms with Crippen LogP contribution in [0.3, 0.4) is 0 Å². The van der Waals surface area contributed by atoms with Crippen molar-refractivity contribution in [3.63, 3.8) is 0 Å². The fourth-order valence-electron chi connectivity index (χ4n) is 1.52. The second-order valence-electron chi connectivity index (χ2n) is 3.99. The predicted molar refractivity (Wildman–Crippen MR) is 85.0 cm³/mol. The lowest BCUT2D eigenvalue weighted by atomic mass is 10.2. The molecule has 2 aromatic rings. The monoisotopic (exact) mass is 288 g/mol. The molecule has 4 heteroatoms. The van der Waals surface area contributed by atoms with E-state index in [1.807, 2.05) is 61.6 Å². The Bertz CT molecular complexity index is 579. The fourth-order valence-corrected chi connectivity index (χ4v) is 1.83. The van der Waals surface area contributed by atoms with Crippen molar-refractivity contribution in [1.82, 2.24) is 5.01 Å². The Balaban J connectivity index is 2.06. The van der Waals surface area contributed by atoms with Crippen LogP contribution in [0.5, 0.6) is 0 Å². The van der Waals surface area contributed by atoms with Gasteiger partial charge in [0.2, 0.25) is 0 Å². The summed E-state index contributed by atoms with van der Waals surface area (Å²) in [7, 11) is 1.84. The van der Waals surface area contributed by atoms with Gasteiger partial charge in [-0.2, -0.15) is 5.10 Å². The average Bonchev–Trinajstić information content (AvgIpc) is 2.46. The van der Waals surface area contributed by atoms with Crippen LogP contribution in [-0.4, -0.2) is 23.3 Å². The highest BCUT2D eigenvalue weighted by Gasteiger charge is 2.04. The van der Waals surface area contributed by atoms with Gasteiger partial charge in [-0.15, -0.1) is 0 Å². The molecule has 0 aliphatic carbocycles. The van der Waals surface area contributed by atoms with Crippen molar-refractivity contribution in [2.24, 2.45) is 5.10 Å². The first kappa shape index (κ1) is 13.7. The van der Waals surface area contributed by atoms with Crippen molar-refractivity contribution >= 4 is 35.0 Å². The van der Waals surface area contributed by atoms with Gasteiger partial charge in [-0.25, -0.2) is 0 Å². The third-order valence-electron chi connectivity index (χ3n) is 2.56. The average molecular weight is 289 g/mol. The quantitative estimate of drug-likeness (QED) is 0.482. The summed E-state index contributed by atoms with van der Waals surface area (Å²) in [6.45, 7) is 0. The zero-order chi connectivity index (χ0) is 13.7. The van der Waals surface area contributed by atoms with Crippen molar-refractivity contribution in [2.45, 2.75) is 0 Å². The summed E-state index contributed by atoms with van der Waals surface area (Å²) in [6.07, 6.45) is 1.76. The molecule has 0 saturated heterocycles. The molecule has 0 heterocycles. The third kappa shape index (κ3) is 3.88. The smallest absolute Gasteiger partial charge is 0.129 e. The molecule has 0 saturated carbocycles. The minimum Gasteiger partial charge on any atom is -0.257 e. The van der Waals surface area contributed by atoms with Crippen molar-refractivity contribution in [1.29, 1.82) is 0 Å². The number of thiocarbonyl (C=S) groups is 1. The van der Waals surface area contributed by atoms with Crippen molar-refractivity contribution in [2.75, 3.05) is 7.05 Å². The van der Waals surface area contributed by atoms with Gasteiger partial charge >= 0.3 is 0 Å². The Morgan fingerprint density at radius 3 is 2.37 bits per heavy atom. The highest BCUT2D eigenvalue weighted by molar-refractivity contribution is 7.80. The molecule has 0 aliphatic heterocycles. The molecule has 0 unspecified atom stereocenters.